The van der Waals surface area contributed by atoms with Gasteiger partial charge in [-0.1, -0.05) is 6.42 Å². The van der Waals surface area contributed by atoms with Crippen LogP contribution < -0.4 is 31.9 Å². The van der Waals surface area contributed by atoms with Crippen molar-refractivity contribution < 1.29 is 9.59 Å². The van der Waals surface area contributed by atoms with Crippen LogP contribution in [0.25, 0.3) is 0 Å². The lowest BCUT2D eigenvalue weighted by Crippen LogP contribution is -2.38. The molecule has 3 aliphatic heterocycles. The Hall–Kier alpha value is -1.07. The van der Waals surface area contributed by atoms with Crippen molar-refractivity contribution in [3.8, 4) is 0 Å². The van der Waals surface area contributed by atoms with Crippen LogP contribution in [0.4, 0.5) is 4.79 Å². The number of carbonyl (C=O) groups is 2. The first-order valence-electron chi connectivity index (χ1n) is 13.0. The summed E-state index contributed by atoms with van der Waals surface area (Å²) in [6, 6.07) is 0.517. The predicted molar refractivity (Wildman–Crippen MR) is 136 cm³/mol. The third-order valence-electron chi connectivity index (χ3n) is 6.67. The molecule has 0 aromatic heterocycles. The molecule has 3 rings (SSSR count). The molecule has 33 heavy (non-hydrogen) atoms. The van der Waals surface area contributed by atoms with Crippen molar-refractivity contribution in [3.05, 3.63) is 0 Å². The first-order chi connectivity index (χ1) is 16.2. The number of fused-ring (bicyclic) bond motifs is 1. The molecular weight excluding hydrogens is 438 g/mol. The summed E-state index contributed by atoms with van der Waals surface area (Å²) in [6.45, 7) is 10.3. The molecule has 0 aromatic rings. The van der Waals surface area contributed by atoms with Gasteiger partial charge in [0.15, 0.2) is 0 Å². The Morgan fingerprint density at radius 3 is 2.58 bits per heavy atom. The molecule has 3 atom stereocenters. The minimum absolute atomic E-state index is 0.0289. The average Bonchev–Trinajstić information content (AvgIpc) is 3.35. The minimum atomic E-state index is -0.0289. The molecule has 10 heteroatoms. The summed E-state index contributed by atoms with van der Waals surface area (Å²) in [7, 11) is 0. The molecule has 3 heterocycles. The quantitative estimate of drug-likeness (QED) is 0.204. The van der Waals surface area contributed by atoms with E-state index in [0.717, 1.165) is 103 Å². The smallest absolute Gasteiger partial charge is 0.315 e. The van der Waals surface area contributed by atoms with E-state index in [-0.39, 0.29) is 24.0 Å². The van der Waals surface area contributed by atoms with Gasteiger partial charge in [0.25, 0.3) is 0 Å². The third kappa shape index (κ3) is 10.4. The van der Waals surface area contributed by atoms with Gasteiger partial charge in [-0.3, -0.25) is 4.79 Å². The fraction of sp³-hybridized carbons (Fsp3) is 0.913. The lowest BCUT2D eigenvalue weighted by molar-refractivity contribution is -0.121. The summed E-state index contributed by atoms with van der Waals surface area (Å²) in [4.78, 5) is 26.2. The number of nitrogens with zero attached hydrogens (tertiary/aromatic N) is 1. The summed E-state index contributed by atoms with van der Waals surface area (Å²) < 4.78 is 0. The zero-order valence-electron chi connectivity index (χ0n) is 20.1. The van der Waals surface area contributed by atoms with Crippen LogP contribution in [0.5, 0.6) is 0 Å². The van der Waals surface area contributed by atoms with Gasteiger partial charge in [0, 0.05) is 50.1 Å². The Morgan fingerprint density at radius 1 is 0.939 bits per heavy atom. The molecule has 0 unspecified atom stereocenters. The van der Waals surface area contributed by atoms with E-state index in [1.807, 2.05) is 11.8 Å². The molecule has 6 N–H and O–H groups in total. The molecule has 3 amide bonds. The van der Waals surface area contributed by atoms with E-state index in [9.17, 15) is 9.59 Å². The van der Waals surface area contributed by atoms with Crippen LogP contribution in [0.15, 0.2) is 0 Å². The van der Waals surface area contributed by atoms with Crippen LogP contribution in [0, 0.1) is 0 Å². The molecule has 0 saturated carbocycles. The molecule has 190 valence electrons. The lowest BCUT2D eigenvalue weighted by Gasteiger charge is -2.23. The molecular formula is C23H45N7O2S. The number of nitrogens with one attached hydrogen (secondary N) is 6. The molecule has 9 nitrogen and oxygen atoms in total. The summed E-state index contributed by atoms with van der Waals surface area (Å²) in [5, 5.41) is 20.1. The van der Waals surface area contributed by atoms with Crippen molar-refractivity contribution in [3.63, 3.8) is 0 Å². The zero-order valence-corrected chi connectivity index (χ0v) is 20.9. The van der Waals surface area contributed by atoms with Crippen LogP contribution >= 0.6 is 11.8 Å². The molecule has 0 bridgehead atoms. The van der Waals surface area contributed by atoms with Crippen molar-refractivity contribution >= 4 is 23.7 Å². The number of unbranched alkanes of at least 4 members (excludes halogenated alkanes) is 1. The third-order valence-corrected chi connectivity index (χ3v) is 8.18. The second kappa shape index (κ2) is 15.8. The highest BCUT2D eigenvalue weighted by molar-refractivity contribution is 8.00. The molecule has 3 aliphatic rings. The largest absolute Gasteiger partial charge is 0.356 e. The number of urea groups is 1. The van der Waals surface area contributed by atoms with Crippen molar-refractivity contribution in [2.45, 2.75) is 62.3 Å². The Morgan fingerprint density at radius 2 is 1.73 bits per heavy atom. The van der Waals surface area contributed by atoms with Gasteiger partial charge in [-0.2, -0.15) is 11.8 Å². The maximum absolute atomic E-state index is 12.2. The van der Waals surface area contributed by atoms with Crippen molar-refractivity contribution in [2.75, 3.05) is 71.2 Å². The van der Waals surface area contributed by atoms with Gasteiger partial charge in [0.05, 0.1) is 12.1 Å². The second-order valence-corrected chi connectivity index (χ2v) is 10.6. The van der Waals surface area contributed by atoms with E-state index in [1.165, 1.54) is 6.42 Å². The maximum Gasteiger partial charge on any atom is 0.315 e. The van der Waals surface area contributed by atoms with E-state index in [2.05, 4.69) is 36.8 Å². The monoisotopic (exact) mass is 483 g/mol. The number of rotatable bonds is 9. The summed E-state index contributed by atoms with van der Waals surface area (Å²) in [5.41, 5.74) is 0. The zero-order chi connectivity index (χ0) is 23.1. The van der Waals surface area contributed by atoms with E-state index in [0.29, 0.717) is 11.7 Å². The van der Waals surface area contributed by atoms with E-state index in [1.54, 1.807) is 0 Å². The maximum atomic E-state index is 12.2. The normalized spacial score (nSPS) is 27.9. The van der Waals surface area contributed by atoms with Gasteiger partial charge >= 0.3 is 6.03 Å². The summed E-state index contributed by atoms with van der Waals surface area (Å²) in [6.07, 6.45) is 6.95. The molecule has 0 aromatic carbocycles. The minimum Gasteiger partial charge on any atom is -0.356 e. The highest BCUT2D eigenvalue weighted by atomic mass is 32.2. The van der Waals surface area contributed by atoms with Crippen molar-refractivity contribution in [2.24, 2.45) is 0 Å². The van der Waals surface area contributed by atoms with Gasteiger partial charge in [-0.25, -0.2) is 4.79 Å². The Balaban J connectivity index is 1.20. The van der Waals surface area contributed by atoms with Gasteiger partial charge in [-0.05, 0) is 64.8 Å². The van der Waals surface area contributed by atoms with E-state index in [4.69, 9.17) is 0 Å². The number of thioether (sulfide) groups is 1. The van der Waals surface area contributed by atoms with E-state index < -0.39 is 0 Å². The van der Waals surface area contributed by atoms with Crippen LogP contribution in [-0.2, 0) is 4.79 Å². The number of hydrogen-bond donors (Lipinski definition) is 6. The standard InChI is InChI=1S/C23H45N7O2S/c31-21(7-2-1-6-20-22-19(18-33-20)28-23(32)29-22)27-11-5-16-30-15-4-10-25-13-12-24-8-3-9-26-14-17-30/h19-20,22,24-26H,1-18H2,(H,27,31)(H2,28,29,32)/t19-,20-,22-/m0/s1. The van der Waals surface area contributed by atoms with Gasteiger partial charge < -0.3 is 36.8 Å². The topological polar surface area (TPSA) is 110 Å². The Kier molecular flexibility index (Phi) is 12.7. The average molecular weight is 484 g/mol. The van der Waals surface area contributed by atoms with Crippen molar-refractivity contribution in [1.82, 2.24) is 36.8 Å². The first-order valence-corrected chi connectivity index (χ1v) is 14.1. The Bertz CT molecular complexity index is 569. The summed E-state index contributed by atoms with van der Waals surface area (Å²) >= 11 is 1.94. The lowest BCUT2D eigenvalue weighted by atomic mass is 10.0. The SMILES string of the molecule is O=C(CCCC[C@@H]1SC[C@@H]2NC(=O)N[C@@H]21)NCCCN1CCCNCCNCCCNCC1. The van der Waals surface area contributed by atoms with Gasteiger partial charge in [0.1, 0.15) is 0 Å². The van der Waals surface area contributed by atoms with Crippen molar-refractivity contribution in [1.29, 1.82) is 0 Å². The molecule has 3 saturated heterocycles. The van der Waals surface area contributed by atoms with Crippen LogP contribution in [0.1, 0.15) is 44.9 Å². The molecule has 0 aliphatic carbocycles. The highest BCUT2D eigenvalue weighted by Crippen LogP contribution is 2.33. The fourth-order valence-corrected chi connectivity index (χ4v) is 6.33. The highest BCUT2D eigenvalue weighted by Gasteiger charge is 2.42. The molecule has 3 fully saturated rings. The van der Waals surface area contributed by atoms with Crippen LogP contribution in [0.2, 0.25) is 0 Å². The molecule has 0 radical (unpaired) electrons. The number of carbonyl (C=O) groups excluding carboxylic acids is 2. The second-order valence-electron chi connectivity index (χ2n) is 9.37. The first kappa shape index (κ1) is 26.5. The van der Waals surface area contributed by atoms with Gasteiger partial charge in [-0.15, -0.1) is 0 Å². The molecule has 0 spiro atoms. The van der Waals surface area contributed by atoms with Crippen LogP contribution in [-0.4, -0.2) is 105 Å². The number of amides is 3. The number of hydrogen-bond acceptors (Lipinski definition) is 7. The van der Waals surface area contributed by atoms with Gasteiger partial charge in [0.2, 0.25) is 5.91 Å². The van der Waals surface area contributed by atoms with Crippen LogP contribution in [0.3, 0.4) is 0 Å². The Labute approximate surface area is 203 Å². The fourth-order valence-electron chi connectivity index (χ4n) is 4.78. The van der Waals surface area contributed by atoms with E-state index >= 15 is 0 Å². The predicted octanol–water partition coefficient (Wildman–Crippen LogP) is 0.0831. The summed E-state index contributed by atoms with van der Waals surface area (Å²) in [5.74, 6) is 1.17.